The fraction of sp³-hybridized carbons (Fsp3) is 0.588. The molecular weight excluding hydrogens is 280 g/mol. The molecule has 0 saturated heterocycles. The molecule has 0 fully saturated rings. The summed E-state index contributed by atoms with van der Waals surface area (Å²) in [4.78, 5) is 13.4. The number of carbonyl (C=O) groups is 1. The van der Waals surface area contributed by atoms with Crippen LogP contribution >= 0.6 is 0 Å². The average molecular weight is 308 g/mol. The smallest absolute Gasteiger partial charge is 0.320 e. The first-order chi connectivity index (χ1) is 10.3. The Morgan fingerprint density at radius 1 is 1.36 bits per heavy atom. The first kappa shape index (κ1) is 18.3. The predicted molar refractivity (Wildman–Crippen MR) is 88.2 cm³/mol. The van der Waals surface area contributed by atoms with E-state index >= 15 is 0 Å². The number of amides is 2. The predicted octanol–water partition coefficient (Wildman–Crippen LogP) is 2.65. The quantitative estimate of drug-likeness (QED) is 0.794. The molecule has 0 atom stereocenters. The van der Waals surface area contributed by atoms with Gasteiger partial charge in [-0.05, 0) is 30.9 Å². The minimum atomic E-state index is -0.235. The highest BCUT2D eigenvalue weighted by Crippen LogP contribution is 2.31. The molecule has 0 aliphatic heterocycles. The van der Waals surface area contributed by atoms with Crippen LogP contribution < -0.4 is 10.1 Å². The number of nitrogens with one attached hydrogen (secondary N) is 1. The fourth-order valence-electron chi connectivity index (χ4n) is 2.17. The molecule has 0 heterocycles. The van der Waals surface area contributed by atoms with Crippen molar-refractivity contribution in [2.75, 3.05) is 26.4 Å². The lowest BCUT2D eigenvalue weighted by Gasteiger charge is -2.24. The van der Waals surface area contributed by atoms with Crippen molar-refractivity contribution in [3.63, 3.8) is 0 Å². The van der Waals surface area contributed by atoms with Gasteiger partial charge in [0.05, 0.1) is 6.61 Å². The van der Waals surface area contributed by atoms with E-state index in [1.807, 2.05) is 19.1 Å². The number of urea groups is 1. The van der Waals surface area contributed by atoms with E-state index in [-0.39, 0.29) is 24.8 Å². The highest BCUT2D eigenvalue weighted by Gasteiger charge is 2.19. The SMILES string of the molecule is CCN(CCO)C(=O)NCOc1ccc(C)cc1C(C)(C)C. The van der Waals surface area contributed by atoms with E-state index in [4.69, 9.17) is 9.84 Å². The second kappa shape index (κ2) is 8.03. The molecular formula is C17H28N2O3. The first-order valence-electron chi connectivity index (χ1n) is 7.67. The number of aliphatic hydroxyl groups excluding tert-OH is 1. The minimum Gasteiger partial charge on any atom is -0.473 e. The Bertz CT molecular complexity index is 495. The van der Waals surface area contributed by atoms with Gasteiger partial charge in [-0.1, -0.05) is 38.5 Å². The summed E-state index contributed by atoms with van der Waals surface area (Å²) in [5.74, 6) is 0.781. The summed E-state index contributed by atoms with van der Waals surface area (Å²) in [5.41, 5.74) is 2.27. The molecule has 5 nitrogen and oxygen atoms in total. The fourth-order valence-corrected chi connectivity index (χ4v) is 2.17. The van der Waals surface area contributed by atoms with Crippen molar-refractivity contribution >= 4 is 6.03 Å². The van der Waals surface area contributed by atoms with Crippen molar-refractivity contribution < 1.29 is 14.6 Å². The molecule has 0 aliphatic rings. The van der Waals surface area contributed by atoms with E-state index in [0.29, 0.717) is 13.1 Å². The molecule has 0 radical (unpaired) electrons. The zero-order valence-corrected chi connectivity index (χ0v) is 14.3. The monoisotopic (exact) mass is 308 g/mol. The molecule has 0 saturated carbocycles. The van der Waals surface area contributed by atoms with Gasteiger partial charge in [-0.3, -0.25) is 0 Å². The second-order valence-corrected chi connectivity index (χ2v) is 6.32. The maximum Gasteiger partial charge on any atom is 0.320 e. The third kappa shape index (κ3) is 5.22. The highest BCUT2D eigenvalue weighted by molar-refractivity contribution is 5.73. The van der Waals surface area contributed by atoms with Crippen LogP contribution in [0.3, 0.4) is 0 Å². The number of hydrogen-bond acceptors (Lipinski definition) is 3. The van der Waals surface area contributed by atoms with E-state index in [9.17, 15) is 4.79 Å². The number of aliphatic hydroxyl groups is 1. The lowest BCUT2D eigenvalue weighted by molar-refractivity contribution is 0.170. The second-order valence-electron chi connectivity index (χ2n) is 6.32. The molecule has 22 heavy (non-hydrogen) atoms. The Hall–Kier alpha value is -1.75. The molecule has 1 rings (SSSR count). The summed E-state index contributed by atoms with van der Waals surface area (Å²) in [7, 11) is 0. The molecule has 1 aromatic rings. The zero-order valence-electron chi connectivity index (χ0n) is 14.3. The minimum absolute atomic E-state index is 0.0301. The standard InChI is InChI=1S/C17H28N2O3/c1-6-19(9-10-20)16(21)18-12-22-15-8-7-13(2)11-14(15)17(3,4)5/h7-8,11,20H,6,9-10,12H2,1-5H3,(H,18,21). The number of rotatable bonds is 6. The molecule has 0 unspecified atom stereocenters. The average Bonchev–Trinajstić information content (AvgIpc) is 2.45. The molecule has 124 valence electrons. The maximum absolute atomic E-state index is 11.9. The molecule has 1 aromatic carbocycles. The van der Waals surface area contributed by atoms with Crippen LogP contribution in [0.15, 0.2) is 18.2 Å². The van der Waals surface area contributed by atoms with Crippen LogP contribution in [-0.2, 0) is 5.41 Å². The Labute approximate surface area is 133 Å². The van der Waals surface area contributed by atoms with Gasteiger partial charge >= 0.3 is 6.03 Å². The van der Waals surface area contributed by atoms with E-state index in [2.05, 4.69) is 39.1 Å². The van der Waals surface area contributed by atoms with Crippen LogP contribution in [0.5, 0.6) is 5.75 Å². The molecule has 0 spiro atoms. The van der Waals surface area contributed by atoms with Gasteiger partial charge in [-0.25, -0.2) is 4.79 Å². The van der Waals surface area contributed by atoms with Gasteiger partial charge in [0, 0.05) is 13.1 Å². The number of hydrogen-bond donors (Lipinski definition) is 2. The summed E-state index contributed by atoms with van der Waals surface area (Å²) < 4.78 is 5.74. The molecule has 0 aliphatic carbocycles. The van der Waals surface area contributed by atoms with Crippen LogP contribution in [0.4, 0.5) is 4.79 Å². The summed E-state index contributed by atoms with van der Waals surface area (Å²) in [5, 5.41) is 11.6. The number of likely N-dealkylation sites (N-methyl/N-ethyl adjacent to an activating group) is 1. The number of ether oxygens (including phenoxy) is 1. The van der Waals surface area contributed by atoms with Crippen molar-refractivity contribution in [1.82, 2.24) is 10.2 Å². The molecule has 2 amide bonds. The molecule has 2 N–H and O–H groups in total. The highest BCUT2D eigenvalue weighted by atomic mass is 16.5. The van der Waals surface area contributed by atoms with Crippen molar-refractivity contribution in [3.8, 4) is 5.75 Å². The Morgan fingerprint density at radius 2 is 2.05 bits per heavy atom. The Morgan fingerprint density at radius 3 is 2.59 bits per heavy atom. The summed E-state index contributed by atoms with van der Waals surface area (Å²) in [6.45, 7) is 11.2. The van der Waals surface area contributed by atoms with Gasteiger partial charge in [-0.2, -0.15) is 0 Å². The number of aryl methyl sites for hydroxylation is 1. The molecule has 0 aromatic heterocycles. The van der Waals surface area contributed by atoms with Crippen LogP contribution in [-0.4, -0.2) is 42.5 Å². The first-order valence-corrected chi connectivity index (χ1v) is 7.67. The van der Waals surface area contributed by atoms with E-state index in [1.165, 1.54) is 10.5 Å². The third-order valence-electron chi connectivity index (χ3n) is 3.43. The van der Waals surface area contributed by atoms with Crippen LogP contribution in [0, 0.1) is 6.92 Å². The van der Waals surface area contributed by atoms with Gasteiger partial charge in [0.15, 0.2) is 6.73 Å². The van der Waals surface area contributed by atoms with Gasteiger partial charge < -0.3 is 20.1 Å². The van der Waals surface area contributed by atoms with Gasteiger partial charge in [0.2, 0.25) is 0 Å². The summed E-state index contributed by atoms with van der Waals surface area (Å²) in [6, 6.07) is 5.81. The third-order valence-corrected chi connectivity index (χ3v) is 3.43. The zero-order chi connectivity index (χ0) is 16.8. The summed E-state index contributed by atoms with van der Waals surface area (Å²) >= 11 is 0. The lowest BCUT2D eigenvalue weighted by atomic mass is 9.85. The van der Waals surface area contributed by atoms with Crippen LogP contribution in [0.1, 0.15) is 38.8 Å². The summed E-state index contributed by atoms with van der Waals surface area (Å²) in [6.07, 6.45) is 0. The largest absolute Gasteiger partial charge is 0.473 e. The number of nitrogens with zero attached hydrogens (tertiary/aromatic N) is 1. The van der Waals surface area contributed by atoms with Crippen LogP contribution in [0.2, 0.25) is 0 Å². The van der Waals surface area contributed by atoms with E-state index in [1.54, 1.807) is 0 Å². The molecule has 5 heteroatoms. The topological polar surface area (TPSA) is 61.8 Å². The molecule has 0 bridgehead atoms. The van der Waals surface area contributed by atoms with E-state index < -0.39 is 0 Å². The van der Waals surface area contributed by atoms with Crippen molar-refractivity contribution in [2.24, 2.45) is 0 Å². The maximum atomic E-state index is 11.9. The van der Waals surface area contributed by atoms with Crippen molar-refractivity contribution in [1.29, 1.82) is 0 Å². The Balaban J connectivity index is 2.67. The normalized spacial score (nSPS) is 11.2. The van der Waals surface area contributed by atoms with Gasteiger partial charge in [0.25, 0.3) is 0 Å². The van der Waals surface area contributed by atoms with Crippen molar-refractivity contribution in [3.05, 3.63) is 29.3 Å². The van der Waals surface area contributed by atoms with Gasteiger partial charge in [-0.15, -0.1) is 0 Å². The number of carbonyl (C=O) groups excluding carboxylic acids is 1. The van der Waals surface area contributed by atoms with Crippen LogP contribution in [0.25, 0.3) is 0 Å². The Kier molecular flexibility index (Phi) is 6.68. The van der Waals surface area contributed by atoms with E-state index in [0.717, 1.165) is 11.3 Å². The lowest BCUT2D eigenvalue weighted by Crippen LogP contribution is -2.42. The number of benzene rings is 1. The van der Waals surface area contributed by atoms with Crippen molar-refractivity contribution in [2.45, 2.75) is 40.0 Å². The van der Waals surface area contributed by atoms with Gasteiger partial charge in [0.1, 0.15) is 5.75 Å².